The van der Waals surface area contributed by atoms with Crippen LogP contribution in [0.25, 0.3) is 11.0 Å². The van der Waals surface area contributed by atoms with Gasteiger partial charge in [0.25, 0.3) is 0 Å². The number of fused-ring (bicyclic) bond motifs is 1. The minimum Gasteiger partial charge on any atom is -0.328 e. The second kappa shape index (κ2) is 5.09. The first-order chi connectivity index (χ1) is 9.69. The lowest BCUT2D eigenvalue weighted by Crippen LogP contribution is -2.17. The summed E-state index contributed by atoms with van der Waals surface area (Å²) in [6.07, 6.45) is 2.61. The maximum atomic E-state index is 6.26. The fourth-order valence-corrected chi connectivity index (χ4v) is 2.57. The van der Waals surface area contributed by atoms with E-state index in [-0.39, 0.29) is 6.04 Å². The largest absolute Gasteiger partial charge is 0.328 e. The van der Waals surface area contributed by atoms with E-state index in [1.54, 1.807) is 4.68 Å². The number of hydrogen-bond donors (Lipinski definition) is 1. The molecule has 0 aliphatic carbocycles. The van der Waals surface area contributed by atoms with Gasteiger partial charge in [-0.25, -0.2) is 4.98 Å². The minimum atomic E-state index is -0.127. The molecule has 0 amide bonds. The van der Waals surface area contributed by atoms with Gasteiger partial charge in [0.15, 0.2) is 0 Å². The molecule has 5 nitrogen and oxygen atoms in total. The van der Waals surface area contributed by atoms with Gasteiger partial charge in [-0.05, 0) is 25.1 Å². The van der Waals surface area contributed by atoms with E-state index in [1.165, 1.54) is 5.52 Å². The van der Waals surface area contributed by atoms with Crippen LogP contribution in [0, 0.1) is 0 Å². The van der Waals surface area contributed by atoms with Crippen LogP contribution in [0.1, 0.15) is 24.5 Å². The Bertz CT molecular complexity index is 725. The highest BCUT2D eigenvalue weighted by Gasteiger charge is 2.15. The molecule has 5 heteroatoms. The van der Waals surface area contributed by atoms with Crippen molar-refractivity contribution >= 4 is 11.0 Å². The molecule has 2 N–H and O–H groups in total. The zero-order valence-corrected chi connectivity index (χ0v) is 11.8. The predicted molar refractivity (Wildman–Crippen MR) is 79.2 cm³/mol. The van der Waals surface area contributed by atoms with Crippen LogP contribution < -0.4 is 5.73 Å². The van der Waals surface area contributed by atoms with Gasteiger partial charge in [0.2, 0.25) is 0 Å². The number of rotatable bonds is 4. The topological polar surface area (TPSA) is 61.7 Å². The van der Waals surface area contributed by atoms with Crippen LogP contribution in [-0.4, -0.2) is 19.3 Å². The lowest BCUT2D eigenvalue weighted by molar-refractivity contribution is 0.610. The molecule has 0 bridgehead atoms. The van der Waals surface area contributed by atoms with E-state index in [2.05, 4.69) is 22.7 Å². The van der Waals surface area contributed by atoms with Gasteiger partial charge < -0.3 is 10.3 Å². The van der Waals surface area contributed by atoms with Crippen LogP contribution in [0.3, 0.4) is 0 Å². The molecule has 104 valence electrons. The molecule has 1 unspecified atom stereocenters. The van der Waals surface area contributed by atoms with Gasteiger partial charge in [0, 0.05) is 26.2 Å². The lowest BCUT2D eigenvalue weighted by atomic mass is 10.1. The third-order valence-electron chi connectivity index (χ3n) is 3.57. The average molecular weight is 269 g/mol. The van der Waals surface area contributed by atoms with E-state index >= 15 is 0 Å². The summed E-state index contributed by atoms with van der Waals surface area (Å²) in [6.45, 7) is 3.02. The second-order valence-electron chi connectivity index (χ2n) is 4.99. The third-order valence-corrected chi connectivity index (χ3v) is 3.57. The number of nitrogens with two attached hydrogens (primary N) is 1. The Hall–Kier alpha value is -2.14. The first kappa shape index (κ1) is 12.9. The second-order valence-corrected chi connectivity index (χ2v) is 4.99. The average Bonchev–Trinajstić information content (AvgIpc) is 3.01. The Kier molecular flexibility index (Phi) is 3.28. The molecule has 20 heavy (non-hydrogen) atoms. The van der Waals surface area contributed by atoms with Crippen LogP contribution in [0.2, 0.25) is 0 Å². The number of nitrogens with zero attached hydrogens (tertiary/aromatic N) is 4. The minimum absolute atomic E-state index is 0.127. The molecule has 3 rings (SSSR count). The predicted octanol–water partition coefficient (Wildman–Crippen LogP) is 2.03. The quantitative estimate of drug-likeness (QED) is 0.788. The maximum Gasteiger partial charge on any atom is 0.111 e. The highest BCUT2D eigenvalue weighted by Crippen LogP contribution is 2.20. The Labute approximate surface area is 118 Å². The van der Waals surface area contributed by atoms with Crippen molar-refractivity contribution in [1.82, 2.24) is 19.3 Å². The summed E-state index contributed by atoms with van der Waals surface area (Å²) >= 11 is 0. The number of para-hydroxylation sites is 2. The van der Waals surface area contributed by atoms with Crippen molar-refractivity contribution in [1.29, 1.82) is 0 Å². The van der Waals surface area contributed by atoms with Gasteiger partial charge in [0.1, 0.15) is 5.82 Å². The molecule has 3 aromatic rings. The molecule has 0 saturated heterocycles. The maximum absolute atomic E-state index is 6.26. The van der Waals surface area contributed by atoms with Gasteiger partial charge in [-0.2, -0.15) is 5.10 Å². The van der Waals surface area contributed by atoms with Crippen molar-refractivity contribution in [3.8, 4) is 0 Å². The van der Waals surface area contributed by atoms with Crippen molar-refractivity contribution in [3.05, 3.63) is 48.0 Å². The van der Waals surface area contributed by atoms with Gasteiger partial charge in [-0.1, -0.05) is 12.1 Å². The van der Waals surface area contributed by atoms with Crippen LogP contribution in [0.15, 0.2) is 36.5 Å². The number of imidazole rings is 1. The van der Waals surface area contributed by atoms with E-state index in [4.69, 9.17) is 10.7 Å². The molecule has 2 heterocycles. The van der Waals surface area contributed by atoms with E-state index in [0.717, 1.165) is 23.6 Å². The molecular formula is C15H19N5. The van der Waals surface area contributed by atoms with Crippen molar-refractivity contribution in [3.63, 3.8) is 0 Å². The number of aryl methyl sites for hydroxylation is 2. The Morgan fingerprint density at radius 1 is 1.25 bits per heavy atom. The third kappa shape index (κ3) is 2.20. The first-order valence-electron chi connectivity index (χ1n) is 6.88. The van der Waals surface area contributed by atoms with Crippen molar-refractivity contribution in [2.45, 2.75) is 25.9 Å². The highest BCUT2D eigenvalue weighted by atomic mass is 15.3. The summed E-state index contributed by atoms with van der Waals surface area (Å²) in [5, 5.41) is 4.37. The van der Waals surface area contributed by atoms with Gasteiger partial charge in [-0.15, -0.1) is 0 Å². The summed E-state index contributed by atoms with van der Waals surface area (Å²) in [6, 6.07) is 10.0. The molecule has 0 saturated carbocycles. The Balaban J connectivity index is 1.94. The normalized spacial score (nSPS) is 12.9. The molecule has 2 aromatic heterocycles. The summed E-state index contributed by atoms with van der Waals surface area (Å²) < 4.78 is 4.00. The monoisotopic (exact) mass is 269 g/mol. The number of aromatic nitrogens is 4. The smallest absolute Gasteiger partial charge is 0.111 e. The SMILES string of the molecule is CCn1c(CC(N)c2ccn(C)n2)nc2ccccc21. The first-order valence-corrected chi connectivity index (χ1v) is 6.88. The van der Waals surface area contributed by atoms with E-state index in [1.807, 2.05) is 37.5 Å². The summed E-state index contributed by atoms with van der Waals surface area (Å²) in [4.78, 5) is 4.70. The standard InChI is InChI=1S/C15H19N5/c1-3-20-14-7-5-4-6-13(14)17-15(20)10-11(16)12-8-9-19(2)18-12/h4-9,11H,3,10,16H2,1-2H3. The molecule has 0 aliphatic heterocycles. The van der Waals surface area contributed by atoms with Crippen molar-refractivity contribution in [2.75, 3.05) is 0 Å². The zero-order valence-electron chi connectivity index (χ0n) is 11.8. The molecule has 0 aliphatic rings. The fraction of sp³-hybridized carbons (Fsp3) is 0.333. The van der Waals surface area contributed by atoms with Crippen molar-refractivity contribution in [2.24, 2.45) is 12.8 Å². The molecule has 0 spiro atoms. The fourth-order valence-electron chi connectivity index (χ4n) is 2.57. The lowest BCUT2D eigenvalue weighted by Gasteiger charge is -2.10. The number of hydrogen-bond acceptors (Lipinski definition) is 3. The van der Waals surface area contributed by atoms with Gasteiger partial charge >= 0.3 is 0 Å². The van der Waals surface area contributed by atoms with Crippen LogP contribution in [0.4, 0.5) is 0 Å². The Morgan fingerprint density at radius 3 is 2.75 bits per heavy atom. The zero-order chi connectivity index (χ0) is 14.1. The molecule has 1 aromatic carbocycles. The Morgan fingerprint density at radius 2 is 2.05 bits per heavy atom. The van der Waals surface area contributed by atoms with Crippen LogP contribution in [0.5, 0.6) is 0 Å². The molecule has 0 radical (unpaired) electrons. The van der Waals surface area contributed by atoms with Crippen molar-refractivity contribution < 1.29 is 0 Å². The summed E-state index contributed by atoms with van der Waals surface area (Å²) in [5.41, 5.74) is 9.35. The highest BCUT2D eigenvalue weighted by molar-refractivity contribution is 5.75. The van der Waals surface area contributed by atoms with Gasteiger partial charge in [-0.3, -0.25) is 4.68 Å². The van der Waals surface area contributed by atoms with E-state index in [9.17, 15) is 0 Å². The summed E-state index contributed by atoms with van der Waals surface area (Å²) in [7, 11) is 1.90. The van der Waals surface area contributed by atoms with Gasteiger partial charge in [0.05, 0.1) is 22.8 Å². The van der Waals surface area contributed by atoms with E-state index < -0.39 is 0 Å². The van der Waals surface area contributed by atoms with Crippen LogP contribution >= 0.6 is 0 Å². The van der Waals surface area contributed by atoms with E-state index in [0.29, 0.717) is 6.42 Å². The molecule has 0 fully saturated rings. The molecular weight excluding hydrogens is 250 g/mol. The van der Waals surface area contributed by atoms with Crippen LogP contribution in [-0.2, 0) is 20.0 Å². The molecule has 1 atom stereocenters. The number of benzene rings is 1. The summed E-state index contributed by atoms with van der Waals surface area (Å²) in [5.74, 6) is 1.02.